The number of nitrogens with zero attached hydrogens (tertiary/aromatic N) is 2. The van der Waals surface area contributed by atoms with Crippen molar-refractivity contribution < 1.29 is 9.47 Å². The number of aryl methyl sites for hydroxylation is 1. The van der Waals surface area contributed by atoms with Crippen LogP contribution in [0.25, 0.3) is 0 Å². The number of hydrogen-bond donors (Lipinski definition) is 1. The van der Waals surface area contributed by atoms with E-state index in [0.29, 0.717) is 24.9 Å². The standard InChI is InChI=1S/C17H23N3O2/c1-4-5-10-22-17-11-16(19-13(2)20-17)18-12-14-6-8-15(21-3)9-7-14/h6-9,11H,4-5,10,12H2,1-3H3,(H,18,19,20). The van der Waals surface area contributed by atoms with Gasteiger partial charge < -0.3 is 14.8 Å². The van der Waals surface area contributed by atoms with Gasteiger partial charge in [-0.25, -0.2) is 4.98 Å². The molecular formula is C17H23N3O2. The minimum atomic E-state index is 0.623. The lowest BCUT2D eigenvalue weighted by Crippen LogP contribution is -2.05. The maximum Gasteiger partial charge on any atom is 0.218 e. The van der Waals surface area contributed by atoms with Gasteiger partial charge in [0, 0.05) is 12.6 Å². The first-order chi connectivity index (χ1) is 10.7. The molecule has 2 aromatic rings. The number of aromatic nitrogens is 2. The Bertz CT molecular complexity index is 585. The molecule has 1 aromatic heterocycles. The Labute approximate surface area is 131 Å². The van der Waals surface area contributed by atoms with Crippen molar-refractivity contribution in [2.45, 2.75) is 33.2 Å². The van der Waals surface area contributed by atoms with E-state index in [0.717, 1.165) is 30.0 Å². The number of ether oxygens (including phenoxy) is 2. The van der Waals surface area contributed by atoms with E-state index < -0.39 is 0 Å². The van der Waals surface area contributed by atoms with Gasteiger partial charge in [-0.15, -0.1) is 0 Å². The molecule has 1 aromatic carbocycles. The molecule has 1 N–H and O–H groups in total. The molecule has 5 nitrogen and oxygen atoms in total. The van der Waals surface area contributed by atoms with E-state index in [-0.39, 0.29) is 0 Å². The summed E-state index contributed by atoms with van der Waals surface area (Å²) in [5, 5.41) is 3.30. The third-order valence-electron chi connectivity index (χ3n) is 3.19. The van der Waals surface area contributed by atoms with Crippen molar-refractivity contribution in [3.63, 3.8) is 0 Å². The van der Waals surface area contributed by atoms with Gasteiger partial charge in [0.2, 0.25) is 5.88 Å². The Balaban J connectivity index is 1.96. The molecule has 118 valence electrons. The first-order valence-electron chi connectivity index (χ1n) is 7.56. The van der Waals surface area contributed by atoms with E-state index in [4.69, 9.17) is 9.47 Å². The first kappa shape index (κ1) is 16.1. The summed E-state index contributed by atoms with van der Waals surface area (Å²) in [5.41, 5.74) is 1.16. The van der Waals surface area contributed by atoms with Gasteiger partial charge in [0.15, 0.2) is 0 Å². The SMILES string of the molecule is CCCCOc1cc(NCc2ccc(OC)cc2)nc(C)n1. The smallest absolute Gasteiger partial charge is 0.218 e. The molecule has 0 bridgehead atoms. The van der Waals surface area contributed by atoms with Crippen LogP contribution in [0.3, 0.4) is 0 Å². The van der Waals surface area contributed by atoms with Crippen molar-refractivity contribution in [1.29, 1.82) is 0 Å². The summed E-state index contributed by atoms with van der Waals surface area (Å²) in [4.78, 5) is 8.68. The fraction of sp³-hybridized carbons (Fsp3) is 0.412. The Hall–Kier alpha value is -2.30. The van der Waals surface area contributed by atoms with Gasteiger partial charge >= 0.3 is 0 Å². The minimum Gasteiger partial charge on any atom is -0.497 e. The number of methoxy groups -OCH3 is 1. The van der Waals surface area contributed by atoms with Crippen LogP contribution in [0.15, 0.2) is 30.3 Å². The number of unbranched alkanes of at least 4 members (excludes halogenated alkanes) is 1. The van der Waals surface area contributed by atoms with Gasteiger partial charge in [-0.05, 0) is 31.0 Å². The minimum absolute atomic E-state index is 0.623. The number of nitrogens with one attached hydrogen (secondary N) is 1. The van der Waals surface area contributed by atoms with Gasteiger partial charge in [0.05, 0.1) is 13.7 Å². The predicted octanol–water partition coefficient (Wildman–Crippen LogP) is 3.58. The molecule has 0 aliphatic heterocycles. The van der Waals surface area contributed by atoms with Crippen LogP contribution in [-0.2, 0) is 6.54 Å². The summed E-state index contributed by atoms with van der Waals surface area (Å²) in [6.45, 7) is 5.38. The molecule has 0 unspecified atom stereocenters. The molecule has 0 saturated carbocycles. The average molecular weight is 301 g/mol. The van der Waals surface area contributed by atoms with E-state index >= 15 is 0 Å². The number of hydrogen-bond acceptors (Lipinski definition) is 5. The van der Waals surface area contributed by atoms with Crippen LogP contribution >= 0.6 is 0 Å². The van der Waals surface area contributed by atoms with Crippen LogP contribution in [0.1, 0.15) is 31.2 Å². The molecule has 0 atom stereocenters. The lowest BCUT2D eigenvalue weighted by molar-refractivity contribution is 0.296. The van der Waals surface area contributed by atoms with Crippen molar-refractivity contribution in [2.75, 3.05) is 19.0 Å². The highest BCUT2D eigenvalue weighted by Crippen LogP contribution is 2.16. The van der Waals surface area contributed by atoms with Crippen LogP contribution in [0, 0.1) is 6.92 Å². The predicted molar refractivity (Wildman–Crippen MR) is 87.5 cm³/mol. The molecule has 0 amide bonds. The maximum absolute atomic E-state index is 5.64. The average Bonchev–Trinajstić information content (AvgIpc) is 2.53. The van der Waals surface area contributed by atoms with Crippen LogP contribution in [0.4, 0.5) is 5.82 Å². The Kier molecular flexibility index (Phi) is 6.01. The van der Waals surface area contributed by atoms with Crippen molar-refractivity contribution in [3.8, 4) is 11.6 Å². The highest BCUT2D eigenvalue weighted by Gasteiger charge is 2.03. The molecule has 2 rings (SSSR count). The van der Waals surface area contributed by atoms with E-state index in [1.54, 1.807) is 7.11 Å². The fourth-order valence-electron chi connectivity index (χ4n) is 1.96. The molecule has 0 aliphatic carbocycles. The second-order valence-corrected chi connectivity index (χ2v) is 5.04. The molecule has 0 spiro atoms. The van der Waals surface area contributed by atoms with Crippen molar-refractivity contribution in [3.05, 3.63) is 41.7 Å². The number of anilines is 1. The number of rotatable bonds is 8. The summed E-state index contributed by atoms with van der Waals surface area (Å²) >= 11 is 0. The van der Waals surface area contributed by atoms with Gasteiger partial charge in [-0.3, -0.25) is 0 Å². The first-order valence-corrected chi connectivity index (χ1v) is 7.56. The maximum atomic E-state index is 5.64. The zero-order chi connectivity index (χ0) is 15.8. The molecule has 22 heavy (non-hydrogen) atoms. The largest absolute Gasteiger partial charge is 0.497 e. The zero-order valence-electron chi connectivity index (χ0n) is 13.4. The Morgan fingerprint density at radius 2 is 1.91 bits per heavy atom. The van der Waals surface area contributed by atoms with E-state index in [1.165, 1.54) is 0 Å². The topological polar surface area (TPSA) is 56.3 Å². The molecule has 1 heterocycles. The van der Waals surface area contributed by atoms with E-state index in [2.05, 4.69) is 22.2 Å². The van der Waals surface area contributed by atoms with Crippen LogP contribution in [0.2, 0.25) is 0 Å². The summed E-state index contributed by atoms with van der Waals surface area (Å²) < 4.78 is 10.8. The molecular weight excluding hydrogens is 278 g/mol. The summed E-state index contributed by atoms with van der Waals surface area (Å²) in [6.07, 6.45) is 2.13. The number of benzene rings is 1. The fourth-order valence-corrected chi connectivity index (χ4v) is 1.96. The second-order valence-electron chi connectivity index (χ2n) is 5.04. The summed E-state index contributed by atoms with van der Waals surface area (Å²) in [5.74, 6) is 2.95. The van der Waals surface area contributed by atoms with Crippen LogP contribution in [0.5, 0.6) is 11.6 Å². The summed E-state index contributed by atoms with van der Waals surface area (Å²) in [6, 6.07) is 9.78. The lowest BCUT2D eigenvalue weighted by Gasteiger charge is -2.10. The molecule has 0 radical (unpaired) electrons. The van der Waals surface area contributed by atoms with Crippen molar-refractivity contribution in [2.24, 2.45) is 0 Å². The zero-order valence-corrected chi connectivity index (χ0v) is 13.4. The van der Waals surface area contributed by atoms with Gasteiger partial charge in [-0.2, -0.15) is 4.98 Å². The van der Waals surface area contributed by atoms with E-state index in [1.807, 2.05) is 37.3 Å². The van der Waals surface area contributed by atoms with Gasteiger partial charge in [0.1, 0.15) is 17.4 Å². The third-order valence-corrected chi connectivity index (χ3v) is 3.19. The molecule has 0 saturated heterocycles. The van der Waals surface area contributed by atoms with Gasteiger partial charge in [0.25, 0.3) is 0 Å². The lowest BCUT2D eigenvalue weighted by atomic mass is 10.2. The Morgan fingerprint density at radius 3 is 2.59 bits per heavy atom. The quantitative estimate of drug-likeness (QED) is 0.755. The van der Waals surface area contributed by atoms with Crippen molar-refractivity contribution in [1.82, 2.24) is 9.97 Å². The van der Waals surface area contributed by atoms with Crippen LogP contribution < -0.4 is 14.8 Å². The van der Waals surface area contributed by atoms with Crippen LogP contribution in [-0.4, -0.2) is 23.7 Å². The van der Waals surface area contributed by atoms with Crippen molar-refractivity contribution >= 4 is 5.82 Å². The highest BCUT2D eigenvalue weighted by molar-refractivity contribution is 5.39. The molecule has 0 fully saturated rings. The normalized spacial score (nSPS) is 10.3. The molecule has 5 heteroatoms. The second kappa shape index (κ2) is 8.22. The summed E-state index contributed by atoms with van der Waals surface area (Å²) in [7, 11) is 1.66. The monoisotopic (exact) mass is 301 g/mol. The third kappa shape index (κ3) is 4.91. The highest BCUT2D eigenvalue weighted by atomic mass is 16.5. The van der Waals surface area contributed by atoms with Gasteiger partial charge in [-0.1, -0.05) is 25.5 Å². The van der Waals surface area contributed by atoms with E-state index in [9.17, 15) is 0 Å². The molecule has 0 aliphatic rings. The Morgan fingerprint density at radius 1 is 1.14 bits per heavy atom.